The molecule has 4 atom stereocenters. The van der Waals surface area contributed by atoms with Crippen molar-refractivity contribution in [3.63, 3.8) is 0 Å². The fraction of sp³-hybridized carbons (Fsp3) is 0.361. The minimum atomic E-state index is -0.646. The van der Waals surface area contributed by atoms with Crippen LogP contribution in [0.25, 0.3) is 0 Å². The Labute approximate surface area is 258 Å². The standard InChI is InChI=1S/C36H41FN2O5/c37-31-18-16-28(17-19-31)20-30-15-9-3-8-14-29(23-34(41)38-32(24-40)21-26-10-4-1-5-11-26)35(42)39-33(25-44-36(30)43)22-27-12-6-2-7-13-27/h1-8,10-13,16-19,29-30,32-33,40H,9,14-15,20-25H2,(H,38,41)(H,39,42)/b8-3+/t29-,30-,32-,33-/m0/s1. The van der Waals surface area contributed by atoms with Gasteiger partial charge in [0.05, 0.1) is 30.5 Å². The van der Waals surface area contributed by atoms with E-state index in [1.165, 1.54) is 12.1 Å². The molecule has 3 aromatic rings. The first-order chi connectivity index (χ1) is 21.4. The molecule has 0 saturated heterocycles. The molecule has 0 spiro atoms. The van der Waals surface area contributed by atoms with Crippen LogP contribution in [0.5, 0.6) is 0 Å². The maximum Gasteiger partial charge on any atom is 0.309 e. The predicted molar refractivity (Wildman–Crippen MR) is 167 cm³/mol. The molecule has 7 nitrogen and oxygen atoms in total. The van der Waals surface area contributed by atoms with Crippen molar-refractivity contribution in [1.82, 2.24) is 10.6 Å². The highest BCUT2D eigenvalue weighted by Gasteiger charge is 2.27. The lowest BCUT2D eigenvalue weighted by molar-refractivity contribution is -0.150. The van der Waals surface area contributed by atoms with Crippen molar-refractivity contribution in [2.24, 2.45) is 11.8 Å². The molecule has 0 unspecified atom stereocenters. The van der Waals surface area contributed by atoms with Crippen LogP contribution in [0.15, 0.2) is 97.1 Å². The van der Waals surface area contributed by atoms with Crippen molar-refractivity contribution >= 4 is 17.8 Å². The first-order valence-corrected chi connectivity index (χ1v) is 15.2. The zero-order valence-corrected chi connectivity index (χ0v) is 24.9. The van der Waals surface area contributed by atoms with Gasteiger partial charge in [0.25, 0.3) is 0 Å². The van der Waals surface area contributed by atoms with Crippen LogP contribution >= 0.6 is 0 Å². The van der Waals surface area contributed by atoms with Crippen molar-refractivity contribution in [3.8, 4) is 0 Å². The second-order valence-corrected chi connectivity index (χ2v) is 11.4. The van der Waals surface area contributed by atoms with E-state index in [0.29, 0.717) is 38.5 Å². The molecule has 232 valence electrons. The third kappa shape index (κ3) is 10.8. The summed E-state index contributed by atoms with van der Waals surface area (Å²) in [6, 6.07) is 24.4. The van der Waals surface area contributed by atoms with Crippen molar-refractivity contribution < 1.29 is 28.6 Å². The molecule has 0 fully saturated rings. The summed E-state index contributed by atoms with van der Waals surface area (Å²) in [5.41, 5.74) is 2.81. The maximum atomic E-state index is 13.6. The topological polar surface area (TPSA) is 105 Å². The third-order valence-corrected chi connectivity index (χ3v) is 7.81. The Kier molecular flexibility index (Phi) is 12.7. The molecule has 2 amide bonds. The molecule has 1 heterocycles. The number of esters is 1. The summed E-state index contributed by atoms with van der Waals surface area (Å²) >= 11 is 0. The number of nitrogens with one attached hydrogen (secondary N) is 2. The average Bonchev–Trinajstić information content (AvgIpc) is 3.04. The van der Waals surface area contributed by atoms with Gasteiger partial charge in [-0.2, -0.15) is 0 Å². The summed E-state index contributed by atoms with van der Waals surface area (Å²) < 4.78 is 19.2. The van der Waals surface area contributed by atoms with Gasteiger partial charge in [-0.3, -0.25) is 14.4 Å². The van der Waals surface area contributed by atoms with Gasteiger partial charge in [0.15, 0.2) is 0 Å². The highest BCUT2D eigenvalue weighted by molar-refractivity contribution is 5.86. The van der Waals surface area contributed by atoms with Crippen molar-refractivity contribution in [3.05, 3.63) is 120 Å². The van der Waals surface area contributed by atoms with E-state index >= 15 is 0 Å². The molecule has 8 heteroatoms. The lowest BCUT2D eigenvalue weighted by Crippen LogP contribution is -2.45. The summed E-state index contributed by atoms with van der Waals surface area (Å²) in [5, 5.41) is 15.8. The smallest absolute Gasteiger partial charge is 0.309 e. The highest BCUT2D eigenvalue weighted by atomic mass is 19.1. The lowest BCUT2D eigenvalue weighted by Gasteiger charge is -2.24. The number of aliphatic hydroxyl groups is 1. The van der Waals surface area contributed by atoms with Gasteiger partial charge < -0.3 is 20.5 Å². The van der Waals surface area contributed by atoms with E-state index in [9.17, 15) is 23.9 Å². The number of amides is 2. The van der Waals surface area contributed by atoms with Gasteiger partial charge >= 0.3 is 5.97 Å². The number of carbonyl (C=O) groups is 3. The van der Waals surface area contributed by atoms with E-state index in [1.54, 1.807) is 12.1 Å². The number of carbonyl (C=O) groups excluding carboxylic acids is 3. The van der Waals surface area contributed by atoms with Crippen molar-refractivity contribution in [2.45, 2.75) is 57.0 Å². The molecule has 4 rings (SSSR count). The number of aliphatic hydroxyl groups excluding tert-OH is 1. The van der Waals surface area contributed by atoms with Gasteiger partial charge in [-0.25, -0.2) is 4.39 Å². The number of cyclic esters (lactones) is 1. The van der Waals surface area contributed by atoms with Gasteiger partial charge in [-0.05, 0) is 67.3 Å². The largest absolute Gasteiger partial charge is 0.463 e. The molecule has 0 radical (unpaired) electrons. The van der Waals surface area contributed by atoms with E-state index in [4.69, 9.17) is 4.74 Å². The fourth-order valence-electron chi connectivity index (χ4n) is 5.41. The summed E-state index contributed by atoms with van der Waals surface area (Å²) in [6.45, 7) is -0.240. The Morgan fingerprint density at radius 1 is 0.886 bits per heavy atom. The Morgan fingerprint density at radius 2 is 1.55 bits per heavy atom. The number of halogens is 1. The Morgan fingerprint density at radius 3 is 2.23 bits per heavy atom. The van der Waals surface area contributed by atoms with Crippen LogP contribution in [0.2, 0.25) is 0 Å². The normalized spacial score (nSPS) is 21.0. The molecule has 0 aliphatic carbocycles. The Balaban J connectivity index is 1.47. The molecule has 0 saturated carbocycles. The van der Waals surface area contributed by atoms with Crippen molar-refractivity contribution in [2.75, 3.05) is 13.2 Å². The van der Waals surface area contributed by atoms with Crippen LogP contribution in [0.1, 0.15) is 42.4 Å². The zero-order valence-electron chi connectivity index (χ0n) is 24.9. The van der Waals surface area contributed by atoms with Crippen LogP contribution < -0.4 is 10.6 Å². The number of benzene rings is 3. The van der Waals surface area contributed by atoms with Gasteiger partial charge in [0, 0.05) is 6.42 Å². The van der Waals surface area contributed by atoms with E-state index < -0.39 is 23.9 Å². The van der Waals surface area contributed by atoms with E-state index in [2.05, 4.69) is 10.6 Å². The molecular formula is C36H41FN2O5. The Hall–Kier alpha value is -4.30. The zero-order chi connectivity index (χ0) is 31.1. The maximum absolute atomic E-state index is 13.6. The molecule has 1 aliphatic rings. The predicted octanol–water partition coefficient (Wildman–Crippen LogP) is 4.72. The first-order valence-electron chi connectivity index (χ1n) is 15.2. The molecular weight excluding hydrogens is 559 g/mol. The fourth-order valence-corrected chi connectivity index (χ4v) is 5.41. The summed E-state index contributed by atoms with van der Waals surface area (Å²) in [5.74, 6) is -2.39. The van der Waals surface area contributed by atoms with Crippen LogP contribution in [0.4, 0.5) is 4.39 Å². The number of hydrogen-bond acceptors (Lipinski definition) is 5. The molecule has 1 aliphatic heterocycles. The number of allylic oxidation sites excluding steroid dienone is 2. The van der Waals surface area contributed by atoms with Crippen LogP contribution in [0.3, 0.4) is 0 Å². The number of hydrogen-bond donors (Lipinski definition) is 3. The molecule has 3 aromatic carbocycles. The first kappa shape index (κ1) is 32.6. The average molecular weight is 601 g/mol. The monoisotopic (exact) mass is 600 g/mol. The van der Waals surface area contributed by atoms with Gasteiger partial charge in [0.1, 0.15) is 12.4 Å². The highest BCUT2D eigenvalue weighted by Crippen LogP contribution is 2.20. The van der Waals surface area contributed by atoms with Crippen molar-refractivity contribution in [1.29, 1.82) is 0 Å². The van der Waals surface area contributed by atoms with Crippen LogP contribution in [-0.4, -0.2) is 48.2 Å². The SMILES string of the molecule is O=C(C[C@@H]1C/C=C/CC[C@@H](Cc2ccc(F)cc2)C(=O)OC[C@H](Cc2ccccc2)NC1=O)N[C@H](CO)Cc1ccccc1. The second-order valence-electron chi connectivity index (χ2n) is 11.4. The quantitative estimate of drug-likeness (QED) is 0.231. The van der Waals surface area contributed by atoms with E-state index in [1.807, 2.05) is 72.8 Å². The minimum Gasteiger partial charge on any atom is -0.463 e. The van der Waals surface area contributed by atoms with Crippen LogP contribution in [0, 0.1) is 17.7 Å². The minimum absolute atomic E-state index is 0.0185. The number of rotatable bonds is 10. The molecule has 3 N–H and O–H groups in total. The molecule has 0 aromatic heterocycles. The lowest BCUT2D eigenvalue weighted by atomic mass is 9.94. The van der Waals surface area contributed by atoms with E-state index in [-0.39, 0.29) is 43.2 Å². The summed E-state index contributed by atoms with van der Waals surface area (Å²) in [7, 11) is 0. The van der Waals surface area contributed by atoms with Gasteiger partial charge in [-0.1, -0.05) is 84.9 Å². The van der Waals surface area contributed by atoms with Crippen LogP contribution in [-0.2, 0) is 38.4 Å². The third-order valence-electron chi connectivity index (χ3n) is 7.81. The second kappa shape index (κ2) is 17.1. The number of ether oxygens (including phenoxy) is 1. The molecule has 44 heavy (non-hydrogen) atoms. The summed E-state index contributed by atoms with van der Waals surface area (Å²) in [6.07, 6.45) is 6.55. The Bertz CT molecular complexity index is 1360. The summed E-state index contributed by atoms with van der Waals surface area (Å²) in [4.78, 5) is 39.9. The molecule has 0 bridgehead atoms. The van der Waals surface area contributed by atoms with Gasteiger partial charge in [0.2, 0.25) is 11.8 Å². The van der Waals surface area contributed by atoms with Gasteiger partial charge in [-0.15, -0.1) is 0 Å². The van der Waals surface area contributed by atoms with E-state index in [0.717, 1.165) is 16.7 Å².